The van der Waals surface area contributed by atoms with E-state index in [0.717, 1.165) is 44.4 Å². The van der Waals surface area contributed by atoms with Gasteiger partial charge in [0.15, 0.2) is 17.5 Å². The van der Waals surface area contributed by atoms with Gasteiger partial charge in [0.2, 0.25) is 0 Å². The third-order valence-electron chi connectivity index (χ3n) is 9.25. The van der Waals surface area contributed by atoms with Gasteiger partial charge in [0.05, 0.1) is 11.0 Å². The number of hydrogen-bond acceptors (Lipinski definition) is 5. The lowest BCUT2D eigenvalue weighted by molar-refractivity contribution is 0.795. The Morgan fingerprint density at radius 1 is 0.429 bits per heavy atom. The molecule has 3 aromatic heterocycles. The summed E-state index contributed by atoms with van der Waals surface area (Å²) in [4.78, 5) is 27.5. The number of nitrogens with zero attached hydrogens (tertiary/aromatic N) is 5. The highest BCUT2D eigenvalue weighted by Crippen LogP contribution is 2.37. The Morgan fingerprint density at radius 3 is 1.76 bits per heavy atom. The summed E-state index contributed by atoms with van der Waals surface area (Å²) in [6.45, 7) is 0. The summed E-state index contributed by atoms with van der Waals surface area (Å²) in [5.41, 5.74) is 8.80. The van der Waals surface area contributed by atoms with E-state index in [0.29, 0.717) is 17.5 Å². The summed E-state index contributed by atoms with van der Waals surface area (Å²) in [5, 5.41) is 2.58. The van der Waals surface area contributed by atoms with Crippen LogP contribution in [-0.2, 0) is 14.1 Å². The van der Waals surface area contributed by atoms with Crippen molar-refractivity contribution >= 4 is 42.5 Å². The van der Waals surface area contributed by atoms with Crippen molar-refractivity contribution in [3.8, 4) is 56.4 Å². The van der Waals surface area contributed by atoms with Crippen molar-refractivity contribution in [3.05, 3.63) is 150 Å². The first-order valence-electron chi connectivity index (χ1n) is 16.1. The van der Waals surface area contributed by atoms with Crippen LogP contribution in [0.25, 0.3) is 87.6 Å². The van der Waals surface area contributed by atoms with Gasteiger partial charge < -0.3 is 0 Å². The molecule has 0 aliphatic heterocycles. The maximum absolute atomic E-state index is 12.5. The first-order valence-corrected chi connectivity index (χ1v) is 16.9. The fourth-order valence-electron chi connectivity index (χ4n) is 6.59. The molecule has 0 unspecified atom stereocenters. The third-order valence-corrected chi connectivity index (χ3v) is 10.4. The lowest BCUT2D eigenvalue weighted by Gasteiger charge is -2.10. The number of benzene rings is 6. The zero-order chi connectivity index (χ0) is 33.1. The number of rotatable bonds is 5. The second-order valence-corrected chi connectivity index (χ2v) is 13.3. The highest BCUT2D eigenvalue weighted by molar-refractivity contribution is 7.25. The zero-order valence-corrected chi connectivity index (χ0v) is 27.6. The second-order valence-electron chi connectivity index (χ2n) is 12.2. The molecule has 0 saturated heterocycles. The van der Waals surface area contributed by atoms with E-state index in [1.54, 1.807) is 23.2 Å². The molecule has 9 aromatic rings. The molecule has 0 fully saturated rings. The Hall–Kier alpha value is -6.18. The highest BCUT2D eigenvalue weighted by atomic mass is 32.1. The molecular formula is C42H29N5OS. The highest BCUT2D eigenvalue weighted by Gasteiger charge is 2.15. The summed E-state index contributed by atoms with van der Waals surface area (Å²) in [6.07, 6.45) is 0. The Bertz CT molecular complexity index is 2760. The minimum absolute atomic E-state index is 0.0442. The van der Waals surface area contributed by atoms with Crippen LogP contribution in [0.2, 0.25) is 0 Å². The standard InChI is InChI=1S/C42H29N5OS/c1-46-35-21-19-31(25-36(35)47(2)42(46)48)29-11-8-12-32(23-29)41-44-39(27-9-4-3-5-10-27)43-40(45-41)28-17-15-26(16-18-28)30-20-22-38-34(24-30)33-13-6-7-14-37(33)49-38/h3-25H,1-2H3. The monoisotopic (exact) mass is 651 g/mol. The first-order chi connectivity index (χ1) is 24.0. The lowest BCUT2D eigenvalue weighted by Crippen LogP contribution is -2.19. The third kappa shape index (κ3) is 5.03. The SMILES string of the molecule is Cn1c(=O)n(C)c2cc(-c3cccc(-c4nc(-c5ccccc5)nc(-c5ccc(-c6ccc7sc8ccccc8c7c6)cc5)n4)c3)ccc21. The van der Waals surface area contributed by atoms with E-state index >= 15 is 0 Å². The van der Waals surface area contributed by atoms with Gasteiger partial charge in [-0.1, -0.05) is 103 Å². The largest absolute Gasteiger partial charge is 0.328 e. The Balaban J connectivity index is 1.11. The molecule has 0 bridgehead atoms. The Labute approximate surface area is 286 Å². The number of hydrogen-bond donors (Lipinski definition) is 0. The fraction of sp³-hybridized carbons (Fsp3) is 0.0476. The molecule has 3 heterocycles. The van der Waals surface area contributed by atoms with Crippen molar-refractivity contribution in [2.24, 2.45) is 14.1 Å². The van der Waals surface area contributed by atoms with Crippen LogP contribution >= 0.6 is 11.3 Å². The van der Waals surface area contributed by atoms with Crippen LogP contribution in [0.5, 0.6) is 0 Å². The van der Waals surface area contributed by atoms with Crippen LogP contribution in [-0.4, -0.2) is 24.1 Å². The quantitative estimate of drug-likeness (QED) is 0.186. The second kappa shape index (κ2) is 11.5. The summed E-state index contributed by atoms with van der Waals surface area (Å²) >= 11 is 1.83. The topological polar surface area (TPSA) is 65.6 Å². The van der Waals surface area contributed by atoms with Crippen molar-refractivity contribution < 1.29 is 0 Å². The van der Waals surface area contributed by atoms with E-state index in [9.17, 15) is 4.79 Å². The molecule has 9 rings (SSSR count). The van der Waals surface area contributed by atoms with E-state index in [2.05, 4.69) is 91.0 Å². The number of thiophene rings is 1. The molecule has 0 N–H and O–H groups in total. The summed E-state index contributed by atoms with van der Waals surface area (Å²) in [7, 11) is 3.60. The lowest BCUT2D eigenvalue weighted by atomic mass is 10.0. The minimum atomic E-state index is -0.0442. The average molecular weight is 652 g/mol. The van der Waals surface area contributed by atoms with Crippen LogP contribution in [0.1, 0.15) is 0 Å². The molecule has 0 amide bonds. The molecule has 49 heavy (non-hydrogen) atoms. The maximum Gasteiger partial charge on any atom is 0.328 e. The van der Waals surface area contributed by atoms with E-state index in [-0.39, 0.29) is 5.69 Å². The van der Waals surface area contributed by atoms with Crippen LogP contribution in [0.4, 0.5) is 0 Å². The van der Waals surface area contributed by atoms with Gasteiger partial charge in [0.1, 0.15) is 0 Å². The fourth-order valence-corrected chi connectivity index (χ4v) is 7.68. The Kier molecular flexibility index (Phi) is 6.81. The van der Waals surface area contributed by atoms with Gasteiger partial charge in [-0.2, -0.15) is 0 Å². The summed E-state index contributed by atoms with van der Waals surface area (Å²) < 4.78 is 5.95. The molecule has 0 spiro atoms. The van der Waals surface area contributed by atoms with Crippen LogP contribution in [0.3, 0.4) is 0 Å². The molecule has 6 nitrogen and oxygen atoms in total. The molecule has 0 aliphatic carbocycles. The molecule has 0 saturated carbocycles. The predicted molar refractivity (Wildman–Crippen MR) is 202 cm³/mol. The smallest absolute Gasteiger partial charge is 0.295 e. The van der Waals surface area contributed by atoms with Gasteiger partial charge in [-0.05, 0) is 58.7 Å². The average Bonchev–Trinajstić information content (AvgIpc) is 3.64. The molecule has 6 aromatic carbocycles. The van der Waals surface area contributed by atoms with E-state index in [4.69, 9.17) is 15.0 Å². The first kappa shape index (κ1) is 29.0. The van der Waals surface area contributed by atoms with Crippen LogP contribution in [0.15, 0.2) is 144 Å². The van der Waals surface area contributed by atoms with Gasteiger partial charge in [0, 0.05) is 51.0 Å². The number of aromatic nitrogens is 5. The van der Waals surface area contributed by atoms with Gasteiger partial charge in [-0.15, -0.1) is 11.3 Å². The van der Waals surface area contributed by atoms with Gasteiger partial charge in [0.25, 0.3) is 0 Å². The van der Waals surface area contributed by atoms with Gasteiger partial charge in [-0.25, -0.2) is 19.7 Å². The van der Waals surface area contributed by atoms with Gasteiger partial charge in [-0.3, -0.25) is 9.13 Å². The summed E-state index contributed by atoms with van der Waals surface area (Å²) in [6, 6.07) is 48.1. The van der Waals surface area contributed by atoms with Crippen LogP contribution < -0.4 is 5.69 Å². The molecule has 7 heteroatoms. The minimum Gasteiger partial charge on any atom is -0.295 e. The Morgan fingerprint density at radius 2 is 0.959 bits per heavy atom. The van der Waals surface area contributed by atoms with Crippen molar-refractivity contribution in [1.29, 1.82) is 0 Å². The van der Waals surface area contributed by atoms with Gasteiger partial charge >= 0.3 is 5.69 Å². The molecule has 0 atom stereocenters. The molecular weight excluding hydrogens is 623 g/mol. The van der Waals surface area contributed by atoms with Crippen molar-refractivity contribution in [1.82, 2.24) is 24.1 Å². The zero-order valence-electron chi connectivity index (χ0n) is 26.8. The van der Waals surface area contributed by atoms with Crippen LogP contribution in [0, 0.1) is 0 Å². The van der Waals surface area contributed by atoms with Crippen molar-refractivity contribution in [2.75, 3.05) is 0 Å². The van der Waals surface area contributed by atoms with Crippen molar-refractivity contribution in [2.45, 2.75) is 0 Å². The predicted octanol–water partition coefficient (Wildman–Crippen LogP) is 9.76. The molecule has 0 radical (unpaired) electrons. The normalized spacial score (nSPS) is 11.6. The number of imidazole rings is 1. The van der Waals surface area contributed by atoms with E-state index < -0.39 is 0 Å². The van der Waals surface area contributed by atoms with Crippen molar-refractivity contribution in [3.63, 3.8) is 0 Å². The number of fused-ring (bicyclic) bond motifs is 4. The number of aryl methyl sites for hydroxylation is 2. The molecule has 0 aliphatic rings. The molecule has 234 valence electrons. The van der Waals surface area contributed by atoms with E-state index in [1.807, 2.05) is 59.9 Å². The summed E-state index contributed by atoms with van der Waals surface area (Å²) in [5.74, 6) is 1.82. The van der Waals surface area contributed by atoms with E-state index in [1.165, 1.54) is 25.7 Å². The maximum atomic E-state index is 12.5.